The van der Waals surface area contributed by atoms with E-state index >= 15 is 0 Å². The van der Waals surface area contributed by atoms with Crippen LogP contribution in [0.5, 0.6) is 0 Å². The zero-order chi connectivity index (χ0) is 25.2. The van der Waals surface area contributed by atoms with Crippen molar-refractivity contribution in [1.82, 2.24) is 0 Å². The van der Waals surface area contributed by atoms with Crippen molar-refractivity contribution in [2.45, 2.75) is 131 Å². The molecule has 8 atom stereocenters. The molecule has 8 unspecified atom stereocenters. The normalized spacial score (nSPS) is 26.7. The number of carbonyl (C=O) groups is 1. The molecule has 0 aliphatic heterocycles. The molecule has 0 radical (unpaired) electrons. The maximum atomic E-state index is 11.0. The Morgan fingerprint density at radius 2 is 1.58 bits per heavy atom. The van der Waals surface area contributed by atoms with Gasteiger partial charge in [0.2, 0.25) is 0 Å². The average molecular weight is 467 g/mol. The van der Waals surface area contributed by atoms with E-state index in [0.717, 1.165) is 44.4 Å². The summed E-state index contributed by atoms with van der Waals surface area (Å²) in [6, 6.07) is 0. The van der Waals surface area contributed by atoms with Crippen LogP contribution in [0.15, 0.2) is 11.6 Å². The molecule has 3 N–H and O–H groups in total. The van der Waals surface area contributed by atoms with E-state index in [4.69, 9.17) is 5.11 Å². The van der Waals surface area contributed by atoms with Gasteiger partial charge in [0.25, 0.3) is 0 Å². The first kappa shape index (κ1) is 30.2. The number of carboxylic acid groups (broad SMARTS) is 1. The van der Waals surface area contributed by atoms with Crippen molar-refractivity contribution < 1.29 is 20.1 Å². The third-order valence-corrected chi connectivity index (χ3v) is 8.67. The zero-order valence-corrected chi connectivity index (χ0v) is 22.6. The van der Waals surface area contributed by atoms with Crippen LogP contribution in [-0.2, 0) is 4.79 Å². The van der Waals surface area contributed by atoms with Crippen LogP contribution in [0.3, 0.4) is 0 Å². The second kappa shape index (κ2) is 14.5. The number of aliphatic carboxylic acids is 1. The minimum atomic E-state index is -0.751. The van der Waals surface area contributed by atoms with Crippen molar-refractivity contribution in [3.63, 3.8) is 0 Å². The highest BCUT2D eigenvalue weighted by molar-refractivity contribution is 5.69. The molecule has 0 aromatic heterocycles. The molecule has 4 nitrogen and oxygen atoms in total. The van der Waals surface area contributed by atoms with E-state index in [1.54, 1.807) is 6.92 Å². The fourth-order valence-corrected chi connectivity index (χ4v) is 5.11. The summed E-state index contributed by atoms with van der Waals surface area (Å²) in [4.78, 5) is 11.0. The van der Waals surface area contributed by atoms with E-state index in [0.29, 0.717) is 24.2 Å². The van der Waals surface area contributed by atoms with E-state index in [9.17, 15) is 15.0 Å². The van der Waals surface area contributed by atoms with Crippen LogP contribution >= 0.6 is 0 Å². The molecule has 0 aromatic carbocycles. The van der Waals surface area contributed by atoms with Crippen LogP contribution in [0.4, 0.5) is 0 Å². The summed E-state index contributed by atoms with van der Waals surface area (Å²) >= 11 is 0. The van der Waals surface area contributed by atoms with Crippen LogP contribution in [0.2, 0.25) is 0 Å². The molecule has 0 saturated carbocycles. The predicted molar refractivity (Wildman–Crippen MR) is 138 cm³/mol. The Balaban J connectivity index is 2.20. The van der Waals surface area contributed by atoms with E-state index in [-0.39, 0.29) is 17.9 Å². The second-order valence-electron chi connectivity index (χ2n) is 12.0. The maximum absolute atomic E-state index is 11.0. The van der Waals surface area contributed by atoms with Crippen LogP contribution in [-0.4, -0.2) is 33.0 Å². The van der Waals surface area contributed by atoms with Crippen LogP contribution in [0.25, 0.3) is 0 Å². The van der Waals surface area contributed by atoms with Gasteiger partial charge in [-0.25, -0.2) is 0 Å². The topological polar surface area (TPSA) is 77.8 Å². The fraction of sp³-hybridized carbons (Fsp3) is 0.897. The Kier molecular flexibility index (Phi) is 13.3. The SMILES string of the molecule is CC(CCCC(C)CCC1=CC(O)C(C)C(C)C1)CCCC(C)(O)C(C)CCC(C)C(=O)O. The molecule has 194 valence electrons. The highest BCUT2D eigenvalue weighted by Gasteiger charge is 2.29. The highest BCUT2D eigenvalue weighted by atomic mass is 16.4. The Labute approximate surface area is 204 Å². The van der Waals surface area contributed by atoms with Crippen molar-refractivity contribution in [3.8, 4) is 0 Å². The molecule has 0 spiro atoms. The molecule has 0 heterocycles. The number of hydrogen-bond donors (Lipinski definition) is 3. The summed E-state index contributed by atoms with van der Waals surface area (Å²) in [7, 11) is 0. The third kappa shape index (κ3) is 11.4. The van der Waals surface area contributed by atoms with E-state index in [1.165, 1.54) is 31.3 Å². The summed E-state index contributed by atoms with van der Waals surface area (Å²) in [5, 5.41) is 30.1. The number of hydrogen-bond acceptors (Lipinski definition) is 3. The first-order chi connectivity index (χ1) is 15.3. The Bertz CT molecular complexity index is 596. The number of carboxylic acids is 1. The number of allylic oxidation sites excluding steroid dienone is 1. The minimum Gasteiger partial charge on any atom is -0.481 e. The molecule has 1 rings (SSSR count). The summed E-state index contributed by atoms with van der Waals surface area (Å²) in [6.07, 6.45) is 13.4. The lowest BCUT2D eigenvalue weighted by molar-refractivity contribution is -0.141. The smallest absolute Gasteiger partial charge is 0.306 e. The number of rotatable bonds is 16. The monoisotopic (exact) mass is 466 g/mol. The summed E-state index contributed by atoms with van der Waals surface area (Å²) in [5.74, 6) is 1.37. The van der Waals surface area contributed by atoms with Crippen molar-refractivity contribution in [2.75, 3.05) is 0 Å². The van der Waals surface area contributed by atoms with Crippen LogP contribution in [0.1, 0.15) is 119 Å². The second-order valence-corrected chi connectivity index (χ2v) is 12.0. The van der Waals surface area contributed by atoms with Gasteiger partial charge in [0.15, 0.2) is 0 Å². The summed E-state index contributed by atoms with van der Waals surface area (Å²) in [6.45, 7) is 14.8. The van der Waals surface area contributed by atoms with Gasteiger partial charge in [0.1, 0.15) is 0 Å². The minimum absolute atomic E-state index is 0.113. The molecule has 4 heteroatoms. The van der Waals surface area contributed by atoms with Gasteiger partial charge in [-0.05, 0) is 75.0 Å². The first-order valence-electron chi connectivity index (χ1n) is 13.7. The lowest BCUT2D eigenvalue weighted by Crippen LogP contribution is -2.33. The van der Waals surface area contributed by atoms with Gasteiger partial charge in [0, 0.05) is 0 Å². The van der Waals surface area contributed by atoms with Crippen molar-refractivity contribution in [2.24, 2.45) is 35.5 Å². The largest absolute Gasteiger partial charge is 0.481 e. The standard InChI is InChI=1S/C29H54O4/c1-20(12-9-17-29(7,33)24(5)15-14-22(3)28(31)32)10-8-11-21(2)13-16-26-18-23(4)25(6)27(30)19-26/h19-25,27,30,33H,8-18H2,1-7H3,(H,31,32). The van der Waals surface area contributed by atoms with Crippen molar-refractivity contribution >= 4 is 5.97 Å². The summed E-state index contributed by atoms with van der Waals surface area (Å²) in [5.41, 5.74) is 0.732. The maximum Gasteiger partial charge on any atom is 0.306 e. The predicted octanol–water partition coefficient (Wildman–Crippen LogP) is 7.23. The molecule has 1 aliphatic carbocycles. The fourth-order valence-electron chi connectivity index (χ4n) is 5.11. The average Bonchev–Trinajstić information content (AvgIpc) is 2.73. The lowest BCUT2D eigenvalue weighted by atomic mass is 9.78. The Morgan fingerprint density at radius 1 is 1.00 bits per heavy atom. The van der Waals surface area contributed by atoms with Gasteiger partial charge in [-0.15, -0.1) is 0 Å². The molecule has 0 fully saturated rings. The Morgan fingerprint density at radius 3 is 2.15 bits per heavy atom. The zero-order valence-electron chi connectivity index (χ0n) is 22.6. The van der Waals surface area contributed by atoms with Crippen LogP contribution < -0.4 is 0 Å². The van der Waals surface area contributed by atoms with Crippen LogP contribution in [0, 0.1) is 35.5 Å². The van der Waals surface area contributed by atoms with Gasteiger partial charge < -0.3 is 15.3 Å². The molecule has 0 aromatic rings. The van der Waals surface area contributed by atoms with Gasteiger partial charge in [-0.1, -0.05) is 85.3 Å². The Hall–Kier alpha value is -0.870. The molecule has 33 heavy (non-hydrogen) atoms. The molecule has 0 bridgehead atoms. The third-order valence-electron chi connectivity index (χ3n) is 8.67. The molecule has 0 amide bonds. The van der Waals surface area contributed by atoms with E-state index in [1.807, 2.05) is 13.8 Å². The van der Waals surface area contributed by atoms with E-state index < -0.39 is 11.6 Å². The quantitative estimate of drug-likeness (QED) is 0.210. The van der Waals surface area contributed by atoms with Gasteiger partial charge in [0.05, 0.1) is 17.6 Å². The molecule has 1 aliphatic rings. The highest BCUT2D eigenvalue weighted by Crippen LogP contribution is 2.33. The van der Waals surface area contributed by atoms with Crippen molar-refractivity contribution in [1.29, 1.82) is 0 Å². The molecular formula is C29H54O4. The molecular weight excluding hydrogens is 412 g/mol. The van der Waals surface area contributed by atoms with Crippen molar-refractivity contribution in [3.05, 3.63) is 11.6 Å². The summed E-state index contributed by atoms with van der Waals surface area (Å²) < 4.78 is 0. The van der Waals surface area contributed by atoms with E-state index in [2.05, 4.69) is 33.8 Å². The van der Waals surface area contributed by atoms with Gasteiger partial charge >= 0.3 is 5.97 Å². The molecule has 0 saturated heterocycles. The number of aliphatic hydroxyl groups excluding tert-OH is 1. The first-order valence-corrected chi connectivity index (χ1v) is 13.7. The lowest BCUT2D eigenvalue weighted by Gasteiger charge is -2.31. The van der Waals surface area contributed by atoms with Gasteiger partial charge in [-0.3, -0.25) is 4.79 Å². The van der Waals surface area contributed by atoms with Gasteiger partial charge in [-0.2, -0.15) is 0 Å². The number of aliphatic hydroxyl groups is 2.